The number of aliphatic hydroxyl groups is 1. The Morgan fingerprint density at radius 2 is 2.19 bits per heavy atom. The zero-order valence-corrected chi connectivity index (χ0v) is 11.6. The number of likely N-dealkylation sites (N-methyl/N-ethyl adjacent to an activating group) is 1. The highest BCUT2D eigenvalue weighted by atomic mass is 19.1. The summed E-state index contributed by atoms with van der Waals surface area (Å²) in [6.45, 7) is 0.429. The van der Waals surface area contributed by atoms with Crippen LogP contribution in [0.1, 0.15) is 15.9 Å². The van der Waals surface area contributed by atoms with Gasteiger partial charge in [-0.15, -0.1) is 0 Å². The Balaban J connectivity index is 2.24. The van der Waals surface area contributed by atoms with Gasteiger partial charge >= 0.3 is 0 Å². The third-order valence-electron chi connectivity index (χ3n) is 3.25. The number of amides is 2. The highest BCUT2D eigenvalue weighted by Crippen LogP contribution is 2.14. The van der Waals surface area contributed by atoms with Crippen LogP contribution < -0.4 is 0 Å². The van der Waals surface area contributed by atoms with Crippen molar-refractivity contribution in [3.63, 3.8) is 0 Å². The van der Waals surface area contributed by atoms with Crippen molar-refractivity contribution in [2.75, 3.05) is 33.3 Å². The van der Waals surface area contributed by atoms with E-state index in [1.54, 1.807) is 7.05 Å². The van der Waals surface area contributed by atoms with Crippen LogP contribution in [0.25, 0.3) is 0 Å². The van der Waals surface area contributed by atoms with Crippen molar-refractivity contribution in [2.24, 2.45) is 0 Å². The van der Waals surface area contributed by atoms with Crippen molar-refractivity contribution in [1.29, 1.82) is 0 Å². The second-order valence-electron chi connectivity index (χ2n) is 4.70. The van der Waals surface area contributed by atoms with Crippen LogP contribution in [-0.2, 0) is 4.79 Å². The summed E-state index contributed by atoms with van der Waals surface area (Å²) >= 11 is 0. The lowest BCUT2D eigenvalue weighted by Gasteiger charge is -2.32. The van der Waals surface area contributed by atoms with E-state index < -0.39 is 11.7 Å². The van der Waals surface area contributed by atoms with E-state index in [1.807, 2.05) is 0 Å². The molecular formula is C15H15FN2O3. The van der Waals surface area contributed by atoms with Crippen LogP contribution in [0.2, 0.25) is 0 Å². The first-order valence-corrected chi connectivity index (χ1v) is 6.45. The molecule has 0 bridgehead atoms. The molecule has 0 unspecified atom stereocenters. The number of hydrogen-bond acceptors (Lipinski definition) is 3. The number of hydrogen-bond donors (Lipinski definition) is 1. The fourth-order valence-corrected chi connectivity index (χ4v) is 2.01. The van der Waals surface area contributed by atoms with Crippen LogP contribution in [0, 0.1) is 17.7 Å². The molecule has 1 N–H and O–H groups in total. The monoisotopic (exact) mass is 290 g/mol. The van der Waals surface area contributed by atoms with Crippen LogP contribution in [0.5, 0.6) is 0 Å². The largest absolute Gasteiger partial charge is 0.384 e. The molecule has 1 saturated heterocycles. The first-order chi connectivity index (χ1) is 10.0. The zero-order valence-electron chi connectivity index (χ0n) is 11.6. The molecule has 110 valence electrons. The number of piperazine rings is 1. The Morgan fingerprint density at radius 1 is 1.43 bits per heavy atom. The zero-order chi connectivity index (χ0) is 15.4. The van der Waals surface area contributed by atoms with Gasteiger partial charge < -0.3 is 14.9 Å². The molecule has 21 heavy (non-hydrogen) atoms. The van der Waals surface area contributed by atoms with Crippen LogP contribution in [0.15, 0.2) is 18.2 Å². The highest BCUT2D eigenvalue weighted by molar-refractivity contribution is 5.97. The van der Waals surface area contributed by atoms with Gasteiger partial charge in [0.05, 0.1) is 5.56 Å². The predicted molar refractivity (Wildman–Crippen MR) is 73.9 cm³/mol. The van der Waals surface area contributed by atoms with Crippen molar-refractivity contribution in [1.82, 2.24) is 9.80 Å². The van der Waals surface area contributed by atoms with Crippen LogP contribution in [0.3, 0.4) is 0 Å². The Labute approximate surface area is 122 Å². The summed E-state index contributed by atoms with van der Waals surface area (Å²) in [5, 5.41) is 8.65. The molecule has 2 amide bonds. The van der Waals surface area contributed by atoms with Gasteiger partial charge in [-0.05, 0) is 18.2 Å². The molecule has 1 fully saturated rings. The number of carbonyl (C=O) groups excluding carboxylic acids is 2. The number of aliphatic hydroxyl groups excluding tert-OH is 1. The van der Waals surface area contributed by atoms with Gasteiger partial charge in [0, 0.05) is 25.7 Å². The SMILES string of the molecule is CN1CCN(C(=O)c2cc(C#CCO)ccc2F)CC1=O. The topological polar surface area (TPSA) is 60.9 Å². The smallest absolute Gasteiger partial charge is 0.257 e. The van der Waals surface area contributed by atoms with E-state index in [0.29, 0.717) is 18.7 Å². The molecule has 0 spiro atoms. The molecule has 5 nitrogen and oxygen atoms in total. The second-order valence-corrected chi connectivity index (χ2v) is 4.70. The first-order valence-electron chi connectivity index (χ1n) is 6.45. The minimum absolute atomic E-state index is 0.0542. The van der Waals surface area contributed by atoms with Gasteiger partial charge in [-0.1, -0.05) is 11.8 Å². The molecule has 0 saturated carbocycles. The van der Waals surface area contributed by atoms with E-state index in [2.05, 4.69) is 11.8 Å². The first kappa shape index (κ1) is 15.0. The van der Waals surface area contributed by atoms with Crippen LogP contribution in [-0.4, -0.2) is 60.0 Å². The van der Waals surface area contributed by atoms with E-state index in [-0.39, 0.29) is 24.6 Å². The average molecular weight is 290 g/mol. The molecule has 1 heterocycles. The lowest BCUT2D eigenvalue weighted by atomic mass is 10.1. The summed E-state index contributed by atoms with van der Waals surface area (Å²) in [6.07, 6.45) is 0. The number of nitrogens with zero attached hydrogens (tertiary/aromatic N) is 2. The summed E-state index contributed by atoms with van der Waals surface area (Å²) in [5.74, 6) is 3.71. The molecule has 1 aromatic carbocycles. The van der Waals surface area contributed by atoms with Gasteiger partial charge in [0.2, 0.25) is 5.91 Å². The standard InChI is InChI=1S/C15H15FN2O3/c1-17-6-7-18(10-14(17)20)15(21)12-9-11(3-2-8-19)4-5-13(12)16/h4-5,9,19H,6-8,10H2,1H3. The third-order valence-corrected chi connectivity index (χ3v) is 3.25. The summed E-state index contributed by atoms with van der Waals surface area (Å²) in [4.78, 5) is 26.8. The van der Waals surface area contributed by atoms with E-state index in [4.69, 9.17) is 5.11 Å². The van der Waals surface area contributed by atoms with Gasteiger partial charge in [-0.3, -0.25) is 9.59 Å². The van der Waals surface area contributed by atoms with Gasteiger partial charge in [-0.25, -0.2) is 4.39 Å². The molecule has 0 radical (unpaired) electrons. The molecule has 2 rings (SSSR count). The molecule has 1 aliphatic rings. The number of carbonyl (C=O) groups is 2. The predicted octanol–water partition coefficient (Wildman–Crippen LogP) is 0.0837. The molecule has 0 aliphatic carbocycles. The van der Waals surface area contributed by atoms with Crippen molar-refractivity contribution < 1.29 is 19.1 Å². The molecular weight excluding hydrogens is 275 g/mol. The molecule has 0 aromatic heterocycles. The van der Waals surface area contributed by atoms with E-state index >= 15 is 0 Å². The third kappa shape index (κ3) is 3.38. The molecule has 1 aromatic rings. The maximum Gasteiger partial charge on any atom is 0.257 e. The van der Waals surface area contributed by atoms with E-state index in [0.717, 1.165) is 6.07 Å². The maximum absolute atomic E-state index is 13.8. The number of rotatable bonds is 1. The Morgan fingerprint density at radius 3 is 2.86 bits per heavy atom. The summed E-state index contributed by atoms with van der Waals surface area (Å²) < 4.78 is 13.8. The normalized spacial score (nSPS) is 14.7. The fourth-order valence-electron chi connectivity index (χ4n) is 2.01. The van der Waals surface area contributed by atoms with Crippen LogP contribution >= 0.6 is 0 Å². The van der Waals surface area contributed by atoms with Crippen molar-refractivity contribution in [3.8, 4) is 11.8 Å². The van der Waals surface area contributed by atoms with Gasteiger partial charge in [0.15, 0.2) is 0 Å². The van der Waals surface area contributed by atoms with Gasteiger partial charge in [0.25, 0.3) is 5.91 Å². The lowest BCUT2D eigenvalue weighted by molar-refractivity contribution is -0.133. The van der Waals surface area contributed by atoms with E-state index in [1.165, 1.54) is 21.9 Å². The van der Waals surface area contributed by atoms with Gasteiger partial charge in [0.1, 0.15) is 19.0 Å². The number of benzene rings is 1. The number of halogens is 1. The fraction of sp³-hybridized carbons (Fsp3) is 0.333. The van der Waals surface area contributed by atoms with E-state index in [9.17, 15) is 14.0 Å². The van der Waals surface area contributed by atoms with Crippen LogP contribution in [0.4, 0.5) is 4.39 Å². The molecule has 1 aliphatic heterocycles. The summed E-state index contributed by atoms with van der Waals surface area (Å²) in [6, 6.07) is 3.93. The summed E-state index contributed by atoms with van der Waals surface area (Å²) in [7, 11) is 1.66. The molecule has 0 atom stereocenters. The van der Waals surface area contributed by atoms with Crippen molar-refractivity contribution in [2.45, 2.75) is 0 Å². The Bertz CT molecular complexity index is 634. The Kier molecular flexibility index (Phi) is 4.55. The van der Waals surface area contributed by atoms with Crippen molar-refractivity contribution in [3.05, 3.63) is 35.1 Å². The highest BCUT2D eigenvalue weighted by Gasteiger charge is 2.27. The lowest BCUT2D eigenvalue weighted by Crippen LogP contribution is -2.50. The Hall–Kier alpha value is -2.39. The van der Waals surface area contributed by atoms with Gasteiger partial charge in [-0.2, -0.15) is 0 Å². The minimum Gasteiger partial charge on any atom is -0.384 e. The average Bonchev–Trinajstić information content (AvgIpc) is 2.48. The second kappa shape index (κ2) is 6.37. The minimum atomic E-state index is -0.652. The quantitative estimate of drug-likeness (QED) is 0.745. The molecule has 6 heteroatoms. The van der Waals surface area contributed by atoms with Crippen molar-refractivity contribution >= 4 is 11.8 Å². The maximum atomic E-state index is 13.8. The summed E-state index contributed by atoms with van der Waals surface area (Å²) in [5.41, 5.74) is 0.325.